The molecule has 14 heteroatoms. The van der Waals surface area contributed by atoms with Crippen molar-refractivity contribution in [1.82, 2.24) is 10.6 Å². The van der Waals surface area contributed by atoms with Gasteiger partial charge < -0.3 is 35.4 Å². The molecule has 1 rings (SSSR count). The highest BCUT2D eigenvalue weighted by Crippen LogP contribution is 2.14. The number of aliphatic hydroxyl groups is 2. The maximum atomic E-state index is 11.8. The first-order chi connectivity index (χ1) is 21.3. The maximum Gasteiger partial charge on any atom is 0.408 e. The van der Waals surface area contributed by atoms with Crippen molar-refractivity contribution < 1.29 is 57.0 Å². The lowest BCUT2D eigenvalue weighted by Gasteiger charge is -2.30. The normalized spacial score (nSPS) is 17.7. The number of ketones is 1. The number of nitrogens with two attached hydrogens (primary N) is 1. The summed E-state index contributed by atoms with van der Waals surface area (Å²) in [5, 5.41) is 32.9. The Labute approximate surface area is 269 Å². The van der Waals surface area contributed by atoms with Crippen LogP contribution in [0.5, 0.6) is 0 Å². The fraction of sp³-hybridized carbons (Fsp3) is 0.655. The number of ether oxygens (including phenoxy) is 2. The molecule has 2 amide bonds. The number of nitrogens with one attached hydrogen (secondary N) is 2. The minimum absolute atomic E-state index is 0. The summed E-state index contributed by atoms with van der Waals surface area (Å²) in [5.41, 5.74) is -5.58. The van der Waals surface area contributed by atoms with Crippen molar-refractivity contribution in [2.45, 2.75) is 124 Å². The van der Waals surface area contributed by atoms with E-state index in [0.29, 0.717) is 6.61 Å². The van der Waals surface area contributed by atoms with Gasteiger partial charge in [0.1, 0.15) is 17.2 Å². The highest BCUT2D eigenvalue weighted by molar-refractivity contribution is 5.88. The molecule has 13 nitrogen and oxygen atoms in total. The van der Waals surface area contributed by atoms with Gasteiger partial charge in [-0.25, -0.2) is 20.3 Å². The quantitative estimate of drug-likeness (QED) is 0.213. The number of hydrogen-bond donors (Lipinski definition) is 6. The molecule has 0 aliphatic heterocycles. The van der Waals surface area contributed by atoms with E-state index in [9.17, 15) is 29.4 Å². The number of aliphatic carboxylic acids is 1. The second-order valence-electron chi connectivity index (χ2n) is 11.4. The van der Waals surface area contributed by atoms with Crippen LogP contribution in [0.4, 0.5) is 9.59 Å². The molecule has 1 aromatic rings. The van der Waals surface area contributed by atoms with Crippen molar-refractivity contribution >= 4 is 36.3 Å². The molecule has 0 saturated carbocycles. The Bertz CT molecular complexity index is 1190. The molecule has 43 heavy (non-hydrogen) atoms. The lowest BCUT2D eigenvalue weighted by atomic mass is 9.94. The Hall–Kier alpha value is -2.97. The van der Waals surface area contributed by atoms with Crippen LogP contribution in [-0.2, 0) is 30.5 Å². The summed E-state index contributed by atoms with van der Waals surface area (Å²) in [6, 6.07) is 6.22. The molecular weight excluding hydrogens is 586 g/mol. The van der Waals surface area contributed by atoms with Gasteiger partial charge in [0.15, 0.2) is 11.8 Å². The first-order valence-corrected chi connectivity index (χ1v) is 12.9. The number of carboxylic acid groups (broad SMARTS) is 1. The molecule has 0 radical (unpaired) electrons. The van der Waals surface area contributed by atoms with Gasteiger partial charge in [0.25, 0.3) is 0 Å². The zero-order chi connectivity index (χ0) is 38.5. The molecule has 0 aliphatic rings. The van der Waals surface area contributed by atoms with Crippen LogP contribution >= 0.6 is 12.4 Å². The molecule has 0 aromatic heterocycles. The first-order valence-electron chi connectivity index (χ1n) is 15.9. The SMILES string of the molecule is Cl.NOCc1ccccc1.[2H]C([2H])([2H])[C@](C)(O)[C@H](NC(=O)OC(C)(C)C)C(=O)CC.[2H]C([2H])([2H])[C@](C)(O)[C@H](NC(=O)OC(C)(C)C)C(=O)O. The number of amides is 2. The predicted molar refractivity (Wildman–Crippen MR) is 165 cm³/mol. The van der Waals surface area contributed by atoms with Gasteiger partial charge in [-0.15, -0.1) is 12.4 Å². The second kappa shape index (κ2) is 19.3. The van der Waals surface area contributed by atoms with E-state index in [4.69, 9.17) is 28.7 Å². The Morgan fingerprint density at radius 2 is 1.23 bits per heavy atom. The van der Waals surface area contributed by atoms with Gasteiger partial charge in [0.05, 0.1) is 17.8 Å². The first kappa shape index (κ1) is 32.9. The van der Waals surface area contributed by atoms with E-state index in [2.05, 4.69) is 10.2 Å². The van der Waals surface area contributed by atoms with Crippen molar-refractivity contribution in [3.8, 4) is 0 Å². The number of alkyl carbamates (subject to hydrolysis) is 2. The summed E-state index contributed by atoms with van der Waals surface area (Å²) in [7, 11) is 0. The van der Waals surface area contributed by atoms with Crippen LogP contribution in [0.1, 0.15) is 96.2 Å². The number of rotatable bonds is 9. The molecule has 0 aliphatic carbocycles. The van der Waals surface area contributed by atoms with E-state index in [-0.39, 0.29) is 18.8 Å². The van der Waals surface area contributed by atoms with Crippen LogP contribution in [-0.4, -0.2) is 73.7 Å². The number of benzene rings is 1. The Morgan fingerprint density at radius 1 is 0.837 bits per heavy atom. The molecule has 0 fully saturated rings. The fourth-order valence-electron chi connectivity index (χ4n) is 2.70. The molecule has 250 valence electrons. The largest absolute Gasteiger partial charge is 0.480 e. The minimum Gasteiger partial charge on any atom is -0.480 e. The molecule has 0 bridgehead atoms. The molecule has 0 saturated heterocycles. The maximum absolute atomic E-state index is 11.8. The van der Waals surface area contributed by atoms with Crippen molar-refractivity contribution in [2.75, 3.05) is 0 Å². The second-order valence-corrected chi connectivity index (χ2v) is 11.4. The van der Waals surface area contributed by atoms with Gasteiger partial charge in [0, 0.05) is 14.6 Å². The topological polar surface area (TPSA) is 207 Å². The number of Topliss-reactive ketones (excluding diaryl/α,β-unsaturated/α-hetero) is 1. The van der Waals surface area contributed by atoms with Crippen molar-refractivity contribution in [3.63, 3.8) is 0 Å². The predicted octanol–water partition coefficient (Wildman–Crippen LogP) is 3.86. The van der Waals surface area contributed by atoms with Crippen LogP contribution in [0.3, 0.4) is 0 Å². The minimum atomic E-state index is -2.98. The van der Waals surface area contributed by atoms with Crippen molar-refractivity contribution in [3.05, 3.63) is 35.9 Å². The fourth-order valence-corrected chi connectivity index (χ4v) is 2.70. The van der Waals surface area contributed by atoms with Gasteiger partial charge in [0.2, 0.25) is 0 Å². The summed E-state index contributed by atoms with van der Waals surface area (Å²) >= 11 is 0. The van der Waals surface area contributed by atoms with Crippen LogP contribution in [0.2, 0.25) is 0 Å². The number of carbonyl (C=O) groups is 4. The highest BCUT2D eigenvalue weighted by Gasteiger charge is 2.36. The molecule has 4 atom stereocenters. The summed E-state index contributed by atoms with van der Waals surface area (Å²) in [5.74, 6) is 2.60. The van der Waals surface area contributed by atoms with Crippen LogP contribution in [0.15, 0.2) is 30.3 Å². The van der Waals surface area contributed by atoms with E-state index in [1.54, 1.807) is 41.5 Å². The summed E-state index contributed by atoms with van der Waals surface area (Å²) in [4.78, 5) is 50.4. The third-order valence-electron chi connectivity index (χ3n) is 4.46. The lowest BCUT2D eigenvalue weighted by Crippen LogP contribution is -2.54. The highest BCUT2D eigenvalue weighted by atomic mass is 35.5. The van der Waals surface area contributed by atoms with Crippen LogP contribution in [0, 0.1) is 0 Å². The average Bonchev–Trinajstić information content (AvgIpc) is 2.88. The summed E-state index contributed by atoms with van der Waals surface area (Å²) in [6.07, 6.45) is -2.09. The van der Waals surface area contributed by atoms with Crippen molar-refractivity contribution in [1.29, 1.82) is 0 Å². The third kappa shape index (κ3) is 23.2. The molecular formula is C29H52ClN3O10. The van der Waals surface area contributed by atoms with E-state index in [1.807, 2.05) is 35.6 Å². The van der Waals surface area contributed by atoms with E-state index >= 15 is 0 Å². The zero-order valence-electron chi connectivity index (χ0n) is 32.1. The Balaban J connectivity index is -0.000000681. The van der Waals surface area contributed by atoms with Gasteiger partial charge in [-0.1, -0.05) is 37.3 Å². The van der Waals surface area contributed by atoms with Crippen LogP contribution in [0.25, 0.3) is 0 Å². The average molecular weight is 644 g/mol. The van der Waals surface area contributed by atoms with E-state index in [1.165, 1.54) is 6.92 Å². The Kier molecular flexibility index (Phi) is 14.8. The number of hydrogen-bond acceptors (Lipinski definition) is 10. The molecule has 0 unspecified atom stereocenters. The number of halogens is 1. The molecule has 0 heterocycles. The van der Waals surface area contributed by atoms with Gasteiger partial charge >= 0.3 is 18.2 Å². The van der Waals surface area contributed by atoms with Gasteiger partial charge in [-0.05, 0) is 74.7 Å². The van der Waals surface area contributed by atoms with E-state index in [0.717, 1.165) is 19.4 Å². The van der Waals surface area contributed by atoms with Gasteiger partial charge in [-0.3, -0.25) is 9.63 Å². The van der Waals surface area contributed by atoms with E-state index < -0.39 is 72.1 Å². The lowest BCUT2D eigenvalue weighted by molar-refractivity contribution is -0.145. The van der Waals surface area contributed by atoms with Crippen LogP contribution < -0.4 is 16.5 Å². The smallest absolute Gasteiger partial charge is 0.408 e. The monoisotopic (exact) mass is 643 g/mol. The number of carboxylic acids is 1. The van der Waals surface area contributed by atoms with Crippen molar-refractivity contribution in [2.24, 2.45) is 5.90 Å². The number of carbonyl (C=O) groups excluding carboxylic acids is 3. The molecule has 1 aromatic carbocycles. The molecule has 0 spiro atoms. The van der Waals surface area contributed by atoms with Gasteiger partial charge in [-0.2, -0.15) is 0 Å². The standard InChI is InChI=1S/C12H23NO4.C10H19NO5.C7H9NO.ClH/c1-7-8(14)9(12(5,6)16)13-10(15)17-11(2,3)4;1-9(2,3)16-8(14)11-6(7(12)13)10(4,5)15;8-9-6-7-4-2-1-3-5-7;/h9,16H,7H2,1-6H3,(H,13,15);6,15H,1-5H3,(H,11,14)(H,12,13);1-5H,6,8H2;1H/t9-;6-;;/m11../s1/i5D3;4D3;;/t9-,12-;6-,10-;;. The third-order valence-corrected chi connectivity index (χ3v) is 4.46. The Morgan fingerprint density at radius 3 is 1.56 bits per heavy atom. The zero-order valence-corrected chi connectivity index (χ0v) is 27.0. The molecule has 7 N–H and O–H groups in total. The summed E-state index contributed by atoms with van der Waals surface area (Å²) < 4.78 is 53.0. The summed E-state index contributed by atoms with van der Waals surface area (Å²) in [6.45, 7) is 7.58.